The first-order chi connectivity index (χ1) is 17.6. The van der Waals surface area contributed by atoms with Gasteiger partial charge < -0.3 is 14.8 Å². The molecule has 1 fully saturated rings. The monoisotopic (exact) mass is 507 g/mol. The number of benzene rings is 1. The van der Waals surface area contributed by atoms with Crippen LogP contribution in [0.15, 0.2) is 55.0 Å². The number of nitrogens with zero attached hydrogens (tertiary/aromatic N) is 3. The van der Waals surface area contributed by atoms with E-state index in [2.05, 4.69) is 25.5 Å². The lowest BCUT2D eigenvalue weighted by atomic mass is 10.1. The van der Waals surface area contributed by atoms with Gasteiger partial charge in [0, 0.05) is 67.0 Å². The molecule has 1 aliphatic rings. The first-order valence-corrected chi connectivity index (χ1v) is 12.3. The number of pyridine rings is 2. The Morgan fingerprint density at radius 2 is 2.11 bits per heavy atom. The van der Waals surface area contributed by atoms with Crippen molar-refractivity contribution in [1.82, 2.24) is 25.5 Å². The second-order valence-corrected chi connectivity index (χ2v) is 9.18. The van der Waals surface area contributed by atoms with E-state index in [0.717, 1.165) is 48.2 Å². The zero-order chi connectivity index (χ0) is 24.9. The molecular weight excluding hydrogens is 481 g/mol. The number of halogens is 2. The van der Waals surface area contributed by atoms with Crippen molar-refractivity contribution < 1.29 is 13.9 Å². The molecule has 0 saturated carbocycles. The lowest BCUT2D eigenvalue weighted by molar-refractivity contribution is 0.0775. The molecule has 4 aromatic rings. The van der Waals surface area contributed by atoms with Gasteiger partial charge in [-0.15, -0.1) is 0 Å². The normalized spacial score (nSPS) is 15.8. The smallest absolute Gasteiger partial charge is 0.134 e. The van der Waals surface area contributed by atoms with Crippen LogP contribution in [0.4, 0.5) is 4.39 Å². The Bertz CT molecular complexity index is 1350. The van der Waals surface area contributed by atoms with Crippen molar-refractivity contribution in [3.8, 4) is 5.75 Å². The predicted molar refractivity (Wildman–Crippen MR) is 138 cm³/mol. The van der Waals surface area contributed by atoms with Crippen LogP contribution in [0.1, 0.15) is 48.4 Å². The first-order valence-electron chi connectivity index (χ1n) is 11.9. The first kappa shape index (κ1) is 24.4. The topological polar surface area (TPSA) is 85.0 Å². The number of aromatic amines is 1. The molecule has 0 amide bonds. The quantitative estimate of drug-likeness (QED) is 0.309. The van der Waals surface area contributed by atoms with Crippen molar-refractivity contribution >= 4 is 34.4 Å². The van der Waals surface area contributed by atoms with E-state index in [-0.39, 0.29) is 6.10 Å². The fourth-order valence-electron chi connectivity index (χ4n) is 4.20. The second kappa shape index (κ2) is 11.2. The Hall–Kier alpha value is -3.33. The van der Waals surface area contributed by atoms with Crippen LogP contribution < -0.4 is 10.1 Å². The summed E-state index contributed by atoms with van der Waals surface area (Å²) in [4.78, 5) is 8.43. The molecule has 9 heteroatoms. The number of H-pyrrole nitrogens is 1. The van der Waals surface area contributed by atoms with Crippen molar-refractivity contribution in [3.05, 3.63) is 82.5 Å². The molecule has 0 spiro atoms. The number of fused-ring (bicyclic) bond motifs is 1. The van der Waals surface area contributed by atoms with Gasteiger partial charge in [-0.05, 0) is 56.2 Å². The van der Waals surface area contributed by atoms with E-state index >= 15 is 4.39 Å². The second-order valence-electron chi connectivity index (χ2n) is 8.77. The highest BCUT2D eigenvalue weighted by molar-refractivity contribution is 6.31. The minimum atomic E-state index is -0.414. The lowest BCUT2D eigenvalue weighted by Gasteiger charge is -2.23. The molecule has 1 saturated heterocycles. The summed E-state index contributed by atoms with van der Waals surface area (Å²) in [6, 6.07) is 11.4. The third-order valence-electron chi connectivity index (χ3n) is 6.28. The Balaban J connectivity index is 1.29. The summed E-state index contributed by atoms with van der Waals surface area (Å²) in [6.07, 6.45) is 7.93. The van der Waals surface area contributed by atoms with E-state index in [1.54, 1.807) is 24.7 Å². The van der Waals surface area contributed by atoms with E-state index in [9.17, 15) is 0 Å². The van der Waals surface area contributed by atoms with Gasteiger partial charge in [-0.1, -0.05) is 11.6 Å². The van der Waals surface area contributed by atoms with Crippen LogP contribution in [0.5, 0.6) is 5.75 Å². The van der Waals surface area contributed by atoms with Gasteiger partial charge in [0.15, 0.2) is 0 Å². The minimum absolute atomic E-state index is 0.286. The SMILES string of the molecule is C[C@@H](Oc1ccc2[nH]nc(/C=C(\F)c3ccc(CNC4CCOCC4)nc3)c2c1)c1ccncc1Cl. The van der Waals surface area contributed by atoms with Crippen molar-refractivity contribution in [2.45, 2.75) is 38.5 Å². The van der Waals surface area contributed by atoms with E-state index in [1.165, 1.54) is 6.08 Å². The Kier molecular flexibility index (Phi) is 7.55. The Labute approximate surface area is 213 Å². The Morgan fingerprint density at radius 3 is 2.89 bits per heavy atom. The molecule has 3 aromatic heterocycles. The molecule has 0 bridgehead atoms. The van der Waals surface area contributed by atoms with Crippen LogP contribution >= 0.6 is 11.6 Å². The molecule has 4 heterocycles. The van der Waals surface area contributed by atoms with Gasteiger partial charge in [-0.25, -0.2) is 4.39 Å². The van der Waals surface area contributed by atoms with Crippen LogP contribution in [-0.2, 0) is 11.3 Å². The lowest BCUT2D eigenvalue weighted by Crippen LogP contribution is -2.34. The van der Waals surface area contributed by atoms with Crippen LogP contribution in [0, 0.1) is 0 Å². The minimum Gasteiger partial charge on any atom is -0.486 e. The van der Waals surface area contributed by atoms with Crippen LogP contribution in [0.3, 0.4) is 0 Å². The summed E-state index contributed by atoms with van der Waals surface area (Å²) >= 11 is 6.25. The maximum Gasteiger partial charge on any atom is 0.134 e. The standard InChI is InChI=1S/C27H27ClFN5O2/c1-17(22-6-9-30-16-24(22)28)36-21-4-5-26-23(12-21)27(34-33-26)13-25(29)18-2-3-20(31-14-18)15-32-19-7-10-35-11-8-19/h2-6,9,12-14,16-17,19,32H,7-8,10-11,15H2,1H3,(H,33,34)/b25-13-/t17-/m1/s1. The Morgan fingerprint density at radius 1 is 1.25 bits per heavy atom. The number of ether oxygens (including phenoxy) is 2. The molecule has 186 valence electrons. The van der Waals surface area contributed by atoms with Gasteiger partial charge in [0.2, 0.25) is 0 Å². The van der Waals surface area contributed by atoms with Crippen molar-refractivity contribution in [1.29, 1.82) is 0 Å². The number of hydrogen-bond donors (Lipinski definition) is 2. The molecule has 7 nitrogen and oxygen atoms in total. The number of hydrogen-bond acceptors (Lipinski definition) is 6. The van der Waals surface area contributed by atoms with E-state index in [0.29, 0.717) is 34.6 Å². The largest absolute Gasteiger partial charge is 0.486 e. The van der Waals surface area contributed by atoms with Gasteiger partial charge in [0.25, 0.3) is 0 Å². The van der Waals surface area contributed by atoms with E-state index < -0.39 is 5.83 Å². The third kappa shape index (κ3) is 5.73. The maximum atomic E-state index is 15.1. The summed E-state index contributed by atoms with van der Waals surface area (Å²) in [5, 5.41) is 12.0. The van der Waals surface area contributed by atoms with Gasteiger partial charge in [0.1, 0.15) is 17.7 Å². The maximum absolute atomic E-state index is 15.1. The zero-order valence-electron chi connectivity index (χ0n) is 19.9. The van der Waals surface area contributed by atoms with E-state index in [1.807, 2.05) is 37.3 Å². The zero-order valence-corrected chi connectivity index (χ0v) is 20.6. The molecule has 0 unspecified atom stereocenters. The molecule has 1 aromatic carbocycles. The van der Waals surface area contributed by atoms with Gasteiger partial charge in [-0.3, -0.25) is 15.1 Å². The summed E-state index contributed by atoms with van der Waals surface area (Å²) in [5.74, 6) is 0.213. The average Bonchev–Trinajstić information content (AvgIpc) is 3.30. The predicted octanol–water partition coefficient (Wildman–Crippen LogP) is 5.88. The third-order valence-corrected chi connectivity index (χ3v) is 6.59. The van der Waals surface area contributed by atoms with Crippen molar-refractivity contribution in [3.63, 3.8) is 0 Å². The number of aromatic nitrogens is 4. The summed E-state index contributed by atoms with van der Waals surface area (Å²) < 4.78 is 26.6. The molecule has 2 N–H and O–H groups in total. The number of rotatable bonds is 8. The van der Waals surface area contributed by atoms with Crippen LogP contribution in [0.2, 0.25) is 5.02 Å². The van der Waals surface area contributed by atoms with Crippen LogP contribution in [0.25, 0.3) is 22.8 Å². The summed E-state index contributed by atoms with van der Waals surface area (Å²) in [6.45, 7) is 4.13. The average molecular weight is 508 g/mol. The van der Waals surface area contributed by atoms with Gasteiger partial charge >= 0.3 is 0 Å². The summed E-state index contributed by atoms with van der Waals surface area (Å²) in [5.41, 5.74) is 3.36. The van der Waals surface area contributed by atoms with Crippen molar-refractivity contribution in [2.75, 3.05) is 13.2 Å². The molecule has 0 aliphatic carbocycles. The molecule has 0 radical (unpaired) electrons. The van der Waals surface area contributed by atoms with Crippen molar-refractivity contribution in [2.24, 2.45) is 0 Å². The molecule has 5 rings (SSSR count). The fraction of sp³-hybridized carbons (Fsp3) is 0.296. The highest BCUT2D eigenvalue weighted by Gasteiger charge is 2.15. The van der Waals surface area contributed by atoms with Gasteiger partial charge in [0.05, 0.1) is 21.9 Å². The van der Waals surface area contributed by atoms with Gasteiger partial charge in [-0.2, -0.15) is 5.10 Å². The molecule has 36 heavy (non-hydrogen) atoms. The number of nitrogens with one attached hydrogen (secondary N) is 2. The molecule has 1 atom stereocenters. The fourth-order valence-corrected chi connectivity index (χ4v) is 4.48. The molecular formula is C27H27ClFN5O2. The summed E-state index contributed by atoms with van der Waals surface area (Å²) in [7, 11) is 0. The highest BCUT2D eigenvalue weighted by Crippen LogP contribution is 2.30. The molecule has 1 aliphatic heterocycles. The van der Waals surface area contributed by atoms with E-state index in [4.69, 9.17) is 21.1 Å². The van der Waals surface area contributed by atoms with Crippen LogP contribution in [-0.4, -0.2) is 39.4 Å². The highest BCUT2D eigenvalue weighted by atomic mass is 35.5.